The van der Waals surface area contributed by atoms with Crippen LogP contribution in [-0.4, -0.2) is 17.4 Å². The number of primary amides is 1. The van der Waals surface area contributed by atoms with Crippen LogP contribution >= 0.6 is 0 Å². The molecule has 5 heteroatoms. The summed E-state index contributed by atoms with van der Waals surface area (Å²) in [4.78, 5) is 13.8. The van der Waals surface area contributed by atoms with Crippen LogP contribution in [0.5, 0.6) is 5.75 Å². The highest BCUT2D eigenvalue weighted by Gasteiger charge is 2.03. The number of hydrogen-bond donors (Lipinski definition) is 2. The fraction of sp³-hybridized carbons (Fsp3) is 0.111. The molecule has 0 radical (unpaired) electrons. The van der Waals surface area contributed by atoms with Crippen LogP contribution in [0.2, 0.25) is 0 Å². The molecular formula is C9H10N2O3. The molecule has 0 bridgehead atoms. The Morgan fingerprint density at radius 3 is 2.79 bits per heavy atom. The van der Waals surface area contributed by atoms with E-state index in [9.17, 15) is 0 Å². The minimum Gasteiger partial charge on any atom is -0.465 e. The molecule has 2 rings (SSSR count). The first-order chi connectivity index (χ1) is 6.70. The number of benzene rings is 1. The second-order valence-electron chi connectivity index (χ2n) is 2.53. The maximum atomic E-state index is 8.78. The van der Waals surface area contributed by atoms with Gasteiger partial charge in [0.25, 0.3) is 0 Å². The van der Waals surface area contributed by atoms with Gasteiger partial charge in [0.15, 0.2) is 5.75 Å². The lowest BCUT2D eigenvalue weighted by Crippen LogP contribution is -2.03. The molecule has 0 saturated heterocycles. The number of amides is 1. The summed E-state index contributed by atoms with van der Waals surface area (Å²) in [5.74, 6) is 0.880. The number of carboxylic acid groups (broad SMARTS) is 1. The summed E-state index contributed by atoms with van der Waals surface area (Å²) in [6.45, 7) is 0. The number of rotatable bonds is 0. The molecular weight excluding hydrogens is 184 g/mol. The van der Waals surface area contributed by atoms with Gasteiger partial charge < -0.3 is 15.7 Å². The van der Waals surface area contributed by atoms with Crippen LogP contribution in [0.3, 0.4) is 0 Å². The van der Waals surface area contributed by atoms with Crippen molar-refractivity contribution in [3.8, 4) is 5.75 Å². The molecule has 5 nitrogen and oxygen atoms in total. The third-order valence-corrected chi connectivity index (χ3v) is 1.51. The Labute approximate surface area is 80.8 Å². The molecule has 1 aromatic rings. The number of fused-ring (bicyclic) bond motifs is 1. The lowest BCUT2D eigenvalue weighted by molar-refractivity contribution is 0.205. The summed E-state index contributed by atoms with van der Waals surface area (Å²) in [6.07, 6.45) is 1.32. The first-order valence-corrected chi connectivity index (χ1v) is 3.95. The number of carbonyl (C=O) groups is 1. The molecule has 1 heterocycles. The van der Waals surface area contributed by atoms with Crippen molar-refractivity contribution in [3.05, 3.63) is 29.8 Å². The molecule has 0 fully saturated rings. The second-order valence-corrected chi connectivity index (χ2v) is 2.53. The first kappa shape index (κ1) is 10.0. The Hall–Kier alpha value is -2.04. The number of hydrogen-bond acceptors (Lipinski definition) is 3. The maximum Gasteiger partial charge on any atom is 0.402 e. The van der Waals surface area contributed by atoms with E-state index in [1.807, 2.05) is 24.3 Å². The second kappa shape index (κ2) is 4.86. The van der Waals surface area contributed by atoms with Crippen LogP contribution in [0.4, 0.5) is 4.79 Å². The predicted molar refractivity (Wildman–Crippen MR) is 51.5 cm³/mol. The molecule has 1 aliphatic rings. The van der Waals surface area contributed by atoms with Gasteiger partial charge in [0.1, 0.15) is 0 Å². The molecule has 14 heavy (non-hydrogen) atoms. The third-order valence-electron chi connectivity index (χ3n) is 1.51. The Morgan fingerprint density at radius 2 is 2.14 bits per heavy atom. The van der Waals surface area contributed by atoms with E-state index in [1.54, 1.807) is 6.21 Å². The lowest BCUT2D eigenvalue weighted by Gasteiger charge is -2.07. The monoisotopic (exact) mass is 194 g/mol. The fourth-order valence-electron chi connectivity index (χ4n) is 0.991. The zero-order chi connectivity index (χ0) is 10.4. The summed E-state index contributed by atoms with van der Waals surface area (Å²) in [6, 6.07) is 7.91. The van der Waals surface area contributed by atoms with Crippen molar-refractivity contribution in [3.63, 3.8) is 0 Å². The minimum absolute atomic E-state index is 0.880. The van der Waals surface area contributed by atoms with E-state index < -0.39 is 6.09 Å². The highest BCUT2D eigenvalue weighted by Crippen LogP contribution is 2.20. The van der Waals surface area contributed by atoms with E-state index >= 15 is 0 Å². The van der Waals surface area contributed by atoms with Gasteiger partial charge >= 0.3 is 6.09 Å². The number of oxime groups is 1. The van der Waals surface area contributed by atoms with Crippen LogP contribution < -0.4 is 10.6 Å². The van der Waals surface area contributed by atoms with Gasteiger partial charge in [0, 0.05) is 18.2 Å². The third kappa shape index (κ3) is 3.14. The fourth-order valence-corrected chi connectivity index (χ4v) is 0.991. The van der Waals surface area contributed by atoms with Crippen molar-refractivity contribution in [2.75, 3.05) is 0 Å². The van der Waals surface area contributed by atoms with Crippen molar-refractivity contribution < 1.29 is 14.7 Å². The molecule has 0 spiro atoms. The largest absolute Gasteiger partial charge is 0.465 e. The summed E-state index contributed by atoms with van der Waals surface area (Å²) < 4.78 is 0. The molecule has 0 aliphatic carbocycles. The molecule has 74 valence electrons. The molecule has 0 atom stereocenters. The van der Waals surface area contributed by atoms with E-state index in [1.165, 1.54) is 5.56 Å². The highest BCUT2D eigenvalue weighted by molar-refractivity contribution is 5.64. The van der Waals surface area contributed by atoms with Gasteiger partial charge in [0.2, 0.25) is 0 Å². The highest BCUT2D eigenvalue weighted by atomic mass is 16.6. The topological polar surface area (TPSA) is 84.9 Å². The van der Waals surface area contributed by atoms with Gasteiger partial charge in [-0.1, -0.05) is 23.4 Å². The van der Waals surface area contributed by atoms with Crippen LogP contribution in [0, 0.1) is 0 Å². The Morgan fingerprint density at radius 1 is 1.50 bits per heavy atom. The average Bonchev–Trinajstić information content (AvgIpc) is 2.17. The van der Waals surface area contributed by atoms with E-state index in [-0.39, 0.29) is 0 Å². The Balaban J connectivity index is 0.000000213. The lowest BCUT2D eigenvalue weighted by atomic mass is 10.1. The van der Waals surface area contributed by atoms with Crippen molar-refractivity contribution in [2.24, 2.45) is 10.9 Å². The molecule has 0 aromatic heterocycles. The zero-order valence-corrected chi connectivity index (χ0v) is 7.38. The number of nitrogens with two attached hydrogens (primary N) is 1. The summed E-state index contributed by atoms with van der Waals surface area (Å²) in [7, 11) is 0. The normalized spacial score (nSPS) is 11.7. The van der Waals surface area contributed by atoms with Crippen molar-refractivity contribution in [1.82, 2.24) is 0 Å². The number of para-hydroxylation sites is 1. The van der Waals surface area contributed by atoms with Crippen LogP contribution in [-0.2, 0) is 6.42 Å². The minimum atomic E-state index is -1.33. The summed E-state index contributed by atoms with van der Waals surface area (Å²) >= 11 is 0. The van der Waals surface area contributed by atoms with Crippen LogP contribution in [0.15, 0.2) is 29.4 Å². The van der Waals surface area contributed by atoms with Crippen molar-refractivity contribution >= 4 is 12.3 Å². The molecule has 0 unspecified atom stereocenters. The molecule has 3 N–H and O–H groups in total. The molecule has 0 saturated carbocycles. The van der Waals surface area contributed by atoms with Crippen molar-refractivity contribution in [2.45, 2.75) is 6.42 Å². The van der Waals surface area contributed by atoms with Gasteiger partial charge in [-0.3, -0.25) is 0 Å². The Bertz CT molecular complexity index is 319. The smallest absolute Gasteiger partial charge is 0.402 e. The van der Waals surface area contributed by atoms with E-state index in [2.05, 4.69) is 10.9 Å². The summed E-state index contributed by atoms with van der Waals surface area (Å²) in [5, 5.41) is 10.9. The van der Waals surface area contributed by atoms with Crippen LogP contribution in [0.1, 0.15) is 5.56 Å². The van der Waals surface area contributed by atoms with Gasteiger partial charge in [-0.15, -0.1) is 0 Å². The molecule has 1 amide bonds. The average molecular weight is 194 g/mol. The van der Waals surface area contributed by atoms with Crippen molar-refractivity contribution in [1.29, 1.82) is 0 Å². The first-order valence-electron chi connectivity index (χ1n) is 3.95. The van der Waals surface area contributed by atoms with Gasteiger partial charge in [-0.2, -0.15) is 0 Å². The van der Waals surface area contributed by atoms with Gasteiger partial charge in [0.05, 0.1) is 0 Å². The SMILES string of the molecule is C1=NOc2ccccc2C1.NC(=O)O. The Kier molecular flexibility index (Phi) is 3.49. The molecule has 1 aliphatic heterocycles. The standard InChI is InChI=1S/C8H7NO.CH3NO2/c1-2-4-8-7(3-1)5-6-9-10-8;2-1(3)4/h1-4,6H,5H2;2H2,(H,3,4). The van der Waals surface area contributed by atoms with E-state index in [0.717, 1.165) is 12.2 Å². The van der Waals surface area contributed by atoms with E-state index in [0.29, 0.717) is 0 Å². The quantitative estimate of drug-likeness (QED) is 0.651. The number of nitrogens with zero attached hydrogens (tertiary/aromatic N) is 1. The predicted octanol–water partition coefficient (Wildman–Crippen LogP) is 1.23. The maximum absolute atomic E-state index is 8.78. The van der Waals surface area contributed by atoms with E-state index in [4.69, 9.17) is 14.7 Å². The van der Waals surface area contributed by atoms with Crippen LogP contribution in [0.25, 0.3) is 0 Å². The summed E-state index contributed by atoms with van der Waals surface area (Å²) in [5.41, 5.74) is 5.23. The zero-order valence-electron chi connectivity index (χ0n) is 7.38. The molecule has 1 aromatic carbocycles. The van der Waals surface area contributed by atoms with Gasteiger partial charge in [-0.05, 0) is 6.07 Å². The van der Waals surface area contributed by atoms with Gasteiger partial charge in [-0.25, -0.2) is 4.79 Å².